The molecule has 1 heterocycles. The number of aromatic nitrogens is 2. The SMILES string of the molecule is Cc1ccc(NC(=O)Cn2cnc3ccccc3c2=O)cc1C. The van der Waals surface area contributed by atoms with Crippen molar-refractivity contribution in [3.63, 3.8) is 0 Å². The summed E-state index contributed by atoms with van der Waals surface area (Å²) < 4.78 is 1.32. The van der Waals surface area contributed by atoms with E-state index in [2.05, 4.69) is 10.3 Å². The molecule has 0 spiro atoms. The quantitative estimate of drug-likeness (QED) is 0.809. The smallest absolute Gasteiger partial charge is 0.261 e. The minimum absolute atomic E-state index is 0.0659. The standard InChI is InChI=1S/C18H17N3O2/c1-12-7-8-14(9-13(12)2)20-17(22)10-21-11-19-16-6-4-3-5-15(16)18(21)23/h3-9,11H,10H2,1-2H3,(H,20,22). The van der Waals surface area contributed by atoms with Gasteiger partial charge in [-0.15, -0.1) is 0 Å². The number of benzene rings is 2. The van der Waals surface area contributed by atoms with Crippen LogP contribution in [0.15, 0.2) is 53.6 Å². The number of rotatable bonds is 3. The average Bonchev–Trinajstić information content (AvgIpc) is 2.54. The number of nitrogens with zero attached hydrogens (tertiary/aromatic N) is 2. The van der Waals surface area contributed by atoms with Gasteiger partial charge in [0.2, 0.25) is 5.91 Å². The van der Waals surface area contributed by atoms with Gasteiger partial charge in [-0.25, -0.2) is 4.98 Å². The second-order valence-electron chi connectivity index (χ2n) is 5.54. The van der Waals surface area contributed by atoms with Crippen LogP contribution in [0.5, 0.6) is 0 Å². The number of fused-ring (bicyclic) bond motifs is 1. The average molecular weight is 307 g/mol. The predicted octanol–water partition coefficient (Wildman–Crippen LogP) is 2.65. The summed E-state index contributed by atoms with van der Waals surface area (Å²) >= 11 is 0. The van der Waals surface area contributed by atoms with Gasteiger partial charge in [0.1, 0.15) is 6.54 Å². The van der Waals surface area contributed by atoms with Gasteiger partial charge in [0.15, 0.2) is 0 Å². The number of hydrogen-bond acceptors (Lipinski definition) is 3. The van der Waals surface area contributed by atoms with E-state index in [9.17, 15) is 9.59 Å². The number of carbonyl (C=O) groups excluding carboxylic acids is 1. The molecule has 0 aliphatic carbocycles. The largest absolute Gasteiger partial charge is 0.325 e. The van der Waals surface area contributed by atoms with E-state index in [0.717, 1.165) is 16.8 Å². The Balaban J connectivity index is 1.81. The Morgan fingerprint density at radius 2 is 1.91 bits per heavy atom. The van der Waals surface area contributed by atoms with Gasteiger partial charge in [-0.05, 0) is 49.2 Å². The summed E-state index contributed by atoms with van der Waals surface area (Å²) in [5.41, 5.74) is 3.40. The van der Waals surface area contributed by atoms with E-state index in [0.29, 0.717) is 10.9 Å². The fourth-order valence-electron chi connectivity index (χ4n) is 2.39. The Morgan fingerprint density at radius 1 is 1.13 bits per heavy atom. The minimum Gasteiger partial charge on any atom is -0.325 e. The highest BCUT2D eigenvalue weighted by Gasteiger charge is 2.08. The molecule has 3 aromatic rings. The van der Waals surface area contributed by atoms with Gasteiger partial charge in [-0.1, -0.05) is 18.2 Å². The highest BCUT2D eigenvalue weighted by molar-refractivity contribution is 5.90. The Hall–Kier alpha value is -2.95. The molecule has 23 heavy (non-hydrogen) atoms. The van der Waals surface area contributed by atoms with Crippen LogP contribution in [0.2, 0.25) is 0 Å². The van der Waals surface area contributed by atoms with Crippen molar-refractivity contribution in [2.24, 2.45) is 0 Å². The second kappa shape index (κ2) is 6.04. The maximum Gasteiger partial charge on any atom is 0.261 e. The van der Waals surface area contributed by atoms with Crippen LogP contribution in [-0.4, -0.2) is 15.5 Å². The van der Waals surface area contributed by atoms with E-state index in [-0.39, 0.29) is 18.0 Å². The summed E-state index contributed by atoms with van der Waals surface area (Å²) in [4.78, 5) is 28.7. The molecule has 0 fully saturated rings. The number of amides is 1. The summed E-state index contributed by atoms with van der Waals surface area (Å²) in [5, 5.41) is 3.32. The third-order valence-corrected chi connectivity index (χ3v) is 3.84. The zero-order chi connectivity index (χ0) is 16.4. The first-order valence-corrected chi connectivity index (χ1v) is 7.36. The molecule has 0 aliphatic heterocycles. The van der Waals surface area contributed by atoms with E-state index in [1.54, 1.807) is 18.2 Å². The van der Waals surface area contributed by atoms with Crippen molar-refractivity contribution >= 4 is 22.5 Å². The lowest BCUT2D eigenvalue weighted by atomic mass is 10.1. The molecule has 0 radical (unpaired) electrons. The third-order valence-electron chi connectivity index (χ3n) is 3.84. The highest BCUT2D eigenvalue weighted by Crippen LogP contribution is 2.14. The first-order valence-electron chi connectivity index (χ1n) is 7.36. The van der Waals surface area contributed by atoms with E-state index in [1.807, 2.05) is 38.1 Å². The van der Waals surface area contributed by atoms with Crippen molar-refractivity contribution in [2.75, 3.05) is 5.32 Å². The maximum atomic E-state index is 12.4. The Morgan fingerprint density at radius 3 is 2.70 bits per heavy atom. The molecule has 2 aromatic carbocycles. The molecule has 0 atom stereocenters. The van der Waals surface area contributed by atoms with Gasteiger partial charge in [-0.2, -0.15) is 0 Å². The summed E-state index contributed by atoms with van der Waals surface area (Å²) in [6.45, 7) is 3.94. The molecule has 116 valence electrons. The fraction of sp³-hybridized carbons (Fsp3) is 0.167. The van der Waals surface area contributed by atoms with Crippen LogP contribution in [0.1, 0.15) is 11.1 Å². The molecule has 0 bridgehead atoms. The van der Waals surface area contributed by atoms with E-state index in [1.165, 1.54) is 10.9 Å². The van der Waals surface area contributed by atoms with Crippen LogP contribution in [0.3, 0.4) is 0 Å². The maximum absolute atomic E-state index is 12.4. The molecule has 1 aromatic heterocycles. The molecule has 0 aliphatic rings. The topological polar surface area (TPSA) is 64.0 Å². The summed E-state index contributed by atoms with van der Waals surface area (Å²) in [6.07, 6.45) is 1.41. The zero-order valence-electron chi connectivity index (χ0n) is 13.0. The Bertz CT molecular complexity index is 944. The Labute approximate surface area is 133 Å². The number of para-hydroxylation sites is 1. The number of hydrogen-bond donors (Lipinski definition) is 1. The van der Waals surface area contributed by atoms with E-state index >= 15 is 0 Å². The van der Waals surface area contributed by atoms with Crippen molar-refractivity contribution in [1.82, 2.24) is 9.55 Å². The monoisotopic (exact) mass is 307 g/mol. The summed E-state index contributed by atoms with van der Waals surface area (Å²) in [7, 11) is 0. The number of nitrogens with one attached hydrogen (secondary N) is 1. The van der Waals surface area contributed by atoms with Crippen molar-refractivity contribution in [3.05, 3.63) is 70.3 Å². The first kappa shape index (κ1) is 15.0. The zero-order valence-corrected chi connectivity index (χ0v) is 13.0. The van der Waals surface area contributed by atoms with Gasteiger partial charge in [-0.3, -0.25) is 14.2 Å². The van der Waals surface area contributed by atoms with Gasteiger partial charge < -0.3 is 5.32 Å². The van der Waals surface area contributed by atoms with Crippen LogP contribution in [0.25, 0.3) is 10.9 Å². The van der Waals surface area contributed by atoms with Crippen molar-refractivity contribution in [2.45, 2.75) is 20.4 Å². The fourth-order valence-corrected chi connectivity index (χ4v) is 2.39. The van der Waals surface area contributed by atoms with Crippen molar-refractivity contribution < 1.29 is 4.79 Å². The van der Waals surface area contributed by atoms with Crippen molar-refractivity contribution in [1.29, 1.82) is 0 Å². The first-order chi connectivity index (χ1) is 11.0. The van der Waals surface area contributed by atoms with E-state index in [4.69, 9.17) is 0 Å². The molecule has 1 amide bonds. The molecule has 1 N–H and O–H groups in total. The molecule has 3 rings (SSSR count). The molecular formula is C18H17N3O2. The lowest BCUT2D eigenvalue weighted by Gasteiger charge is -2.09. The van der Waals surface area contributed by atoms with Gasteiger partial charge in [0.05, 0.1) is 17.2 Å². The third kappa shape index (κ3) is 3.13. The number of aryl methyl sites for hydroxylation is 2. The molecule has 0 saturated heterocycles. The van der Waals surface area contributed by atoms with Crippen LogP contribution in [0.4, 0.5) is 5.69 Å². The molecule has 5 nitrogen and oxygen atoms in total. The Kier molecular flexibility index (Phi) is 3.93. The molecule has 5 heteroatoms. The lowest BCUT2D eigenvalue weighted by molar-refractivity contribution is -0.116. The van der Waals surface area contributed by atoms with Crippen LogP contribution in [-0.2, 0) is 11.3 Å². The second-order valence-corrected chi connectivity index (χ2v) is 5.54. The molecular weight excluding hydrogens is 290 g/mol. The van der Waals surface area contributed by atoms with Crippen LogP contribution in [0, 0.1) is 13.8 Å². The lowest BCUT2D eigenvalue weighted by Crippen LogP contribution is -2.27. The van der Waals surface area contributed by atoms with Gasteiger partial charge in [0, 0.05) is 5.69 Å². The predicted molar refractivity (Wildman–Crippen MR) is 90.5 cm³/mol. The number of anilines is 1. The van der Waals surface area contributed by atoms with Crippen LogP contribution < -0.4 is 10.9 Å². The minimum atomic E-state index is -0.257. The normalized spacial score (nSPS) is 10.7. The highest BCUT2D eigenvalue weighted by atomic mass is 16.2. The van der Waals surface area contributed by atoms with Crippen molar-refractivity contribution in [3.8, 4) is 0 Å². The summed E-state index contributed by atoms with van der Waals surface area (Å²) in [5.74, 6) is -0.257. The molecule has 0 saturated carbocycles. The molecule has 0 unspecified atom stereocenters. The van der Waals surface area contributed by atoms with Gasteiger partial charge in [0.25, 0.3) is 5.56 Å². The van der Waals surface area contributed by atoms with Crippen LogP contribution >= 0.6 is 0 Å². The summed E-state index contributed by atoms with van der Waals surface area (Å²) in [6, 6.07) is 12.8. The van der Waals surface area contributed by atoms with Gasteiger partial charge >= 0.3 is 0 Å². The number of carbonyl (C=O) groups is 1. The van der Waals surface area contributed by atoms with E-state index < -0.39 is 0 Å².